The van der Waals surface area contributed by atoms with Crippen molar-refractivity contribution in [2.75, 3.05) is 0 Å². The highest BCUT2D eigenvalue weighted by Crippen LogP contribution is 2.11. The molecule has 0 atom stereocenters. The Morgan fingerprint density at radius 3 is 2.47 bits per heavy atom. The van der Waals surface area contributed by atoms with Crippen LogP contribution in [0, 0.1) is 0 Å². The van der Waals surface area contributed by atoms with Gasteiger partial charge in [0, 0.05) is 4.47 Å². The first kappa shape index (κ1) is 11.6. The second kappa shape index (κ2) is 5.44. The molecule has 0 unspecified atom stereocenters. The number of hydrogen-bond acceptors (Lipinski definition) is 1. The lowest BCUT2D eigenvalue weighted by Crippen LogP contribution is -2.14. The fourth-order valence-corrected chi connectivity index (χ4v) is 1.38. The molecule has 15 heavy (non-hydrogen) atoms. The summed E-state index contributed by atoms with van der Waals surface area (Å²) in [6.07, 6.45) is 0.756. The minimum absolute atomic E-state index is 0.216. The summed E-state index contributed by atoms with van der Waals surface area (Å²) in [7, 11) is 0. The maximum absolute atomic E-state index is 10.5. The number of aliphatic carboxylic acids is 1. The normalized spacial score (nSPS) is 9.40. The van der Waals surface area contributed by atoms with Crippen LogP contribution in [0.5, 0.6) is 0 Å². The van der Waals surface area contributed by atoms with E-state index < -0.39 is 5.97 Å². The first-order chi connectivity index (χ1) is 7.13. The zero-order valence-corrected chi connectivity index (χ0v) is 9.44. The van der Waals surface area contributed by atoms with Crippen molar-refractivity contribution in [1.29, 1.82) is 0 Å². The summed E-state index contributed by atoms with van der Waals surface area (Å²) in [6.45, 7) is 0. The molecular weight excluding hydrogens is 260 g/mol. The number of carboxylic acids is 1. The van der Waals surface area contributed by atoms with Crippen LogP contribution in [0.25, 0.3) is 5.53 Å². The van der Waals surface area contributed by atoms with Crippen molar-refractivity contribution in [3.8, 4) is 0 Å². The molecule has 1 N–H and O–H groups in total. The molecule has 0 spiro atoms. The van der Waals surface area contributed by atoms with Crippen molar-refractivity contribution in [2.45, 2.75) is 12.8 Å². The van der Waals surface area contributed by atoms with Gasteiger partial charge in [-0.05, 0) is 24.1 Å². The standard InChI is InChI=1S/C10H9BrN2O2/c11-8-4-1-7(2-5-8)3-6-9(13-12)10(14)15/h1-2,4-5H,3,6H2,(H,14,15). The van der Waals surface area contributed by atoms with E-state index in [0.717, 1.165) is 10.0 Å². The average Bonchev–Trinajstić information content (AvgIpc) is 2.21. The van der Waals surface area contributed by atoms with Crippen molar-refractivity contribution >= 4 is 27.6 Å². The Labute approximate surface area is 95.3 Å². The molecule has 1 rings (SSSR count). The summed E-state index contributed by atoms with van der Waals surface area (Å²) < 4.78 is 0.973. The van der Waals surface area contributed by atoms with Crippen LogP contribution in [0.4, 0.5) is 0 Å². The van der Waals surface area contributed by atoms with Gasteiger partial charge in [0.25, 0.3) is 0 Å². The number of benzene rings is 1. The average molecular weight is 269 g/mol. The number of carboxylic acid groups (broad SMARTS) is 1. The van der Waals surface area contributed by atoms with Gasteiger partial charge in [-0.3, -0.25) is 0 Å². The molecule has 0 radical (unpaired) electrons. The van der Waals surface area contributed by atoms with Gasteiger partial charge >= 0.3 is 11.7 Å². The summed E-state index contributed by atoms with van der Waals surface area (Å²) in [5, 5.41) is 8.60. The predicted octanol–water partition coefficient (Wildman–Crippen LogP) is 2.14. The first-order valence-corrected chi connectivity index (χ1v) is 5.11. The lowest BCUT2D eigenvalue weighted by molar-refractivity contribution is -0.134. The van der Waals surface area contributed by atoms with E-state index in [0.29, 0.717) is 6.42 Å². The SMILES string of the molecule is [N-]=[N+]=C(CCc1ccc(Br)cc1)C(=O)O. The number of aryl methyl sites for hydroxylation is 1. The Kier molecular flexibility index (Phi) is 4.21. The number of nitrogens with zero attached hydrogens (tertiary/aromatic N) is 2. The zero-order chi connectivity index (χ0) is 11.3. The largest absolute Gasteiger partial charge is 0.473 e. The summed E-state index contributed by atoms with van der Waals surface area (Å²) >= 11 is 3.30. The molecule has 78 valence electrons. The molecule has 4 nitrogen and oxygen atoms in total. The fraction of sp³-hybridized carbons (Fsp3) is 0.200. The number of rotatable bonds is 4. The van der Waals surface area contributed by atoms with Gasteiger partial charge in [0.15, 0.2) is 0 Å². The van der Waals surface area contributed by atoms with Crippen LogP contribution in [0.1, 0.15) is 12.0 Å². The molecule has 5 heteroatoms. The van der Waals surface area contributed by atoms with Crippen LogP contribution >= 0.6 is 15.9 Å². The van der Waals surface area contributed by atoms with Crippen LogP contribution in [0.15, 0.2) is 28.7 Å². The van der Waals surface area contributed by atoms with Gasteiger partial charge in [0.05, 0.1) is 6.42 Å². The van der Waals surface area contributed by atoms with Crippen molar-refractivity contribution in [3.05, 3.63) is 39.8 Å². The highest BCUT2D eigenvalue weighted by molar-refractivity contribution is 9.10. The molecule has 1 aromatic rings. The Morgan fingerprint density at radius 1 is 1.40 bits per heavy atom. The zero-order valence-electron chi connectivity index (χ0n) is 7.85. The summed E-state index contributed by atoms with van der Waals surface area (Å²) in [4.78, 5) is 13.2. The van der Waals surface area contributed by atoms with Gasteiger partial charge in [-0.2, -0.15) is 4.79 Å². The second-order valence-corrected chi connectivity index (χ2v) is 3.89. The molecule has 0 fully saturated rings. The van der Waals surface area contributed by atoms with Gasteiger partial charge in [-0.15, -0.1) is 0 Å². The van der Waals surface area contributed by atoms with Crippen LogP contribution in [-0.4, -0.2) is 21.6 Å². The molecule has 0 saturated carbocycles. The molecule has 0 aliphatic carbocycles. The van der Waals surface area contributed by atoms with Crippen molar-refractivity contribution in [1.82, 2.24) is 0 Å². The summed E-state index contributed by atoms with van der Waals surface area (Å²) in [5.74, 6) is -1.19. The predicted molar refractivity (Wildman–Crippen MR) is 58.7 cm³/mol. The minimum Gasteiger partial charge on any atom is -0.473 e. The lowest BCUT2D eigenvalue weighted by atomic mass is 10.1. The van der Waals surface area contributed by atoms with Gasteiger partial charge in [0.1, 0.15) is 0 Å². The lowest BCUT2D eigenvalue weighted by Gasteiger charge is -1.97. The number of halogens is 1. The van der Waals surface area contributed by atoms with E-state index in [2.05, 4.69) is 20.7 Å². The first-order valence-electron chi connectivity index (χ1n) is 4.32. The molecule has 0 saturated heterocycles. The number of carbonyl (C=O) groups is 1. The van der Waals surface area contributed by atoms with Crippen molar-refractivity contribution < 1.29 is 14.7 Å². The van der Waals surface area contributed by atoms with Crippen LogP contribution in [0.3, 0.4) is 0 Å². The van der Waals surface area contributed by atoms with E-state index in [1.165, 1.54) is 0 Å². The quantitative estimate of drug-likeness (QED) is 0.516. The molecule has 0 aromatic heterocycles. The van der Waals surface area contributed by atoms with E-state index in [1.54, 1.807) is 0 Å². The molecule has 0 aliphatic heterocycles. The Balaban J connectivity index is 2.61. The Morgan fingerprint density at radius 2 is 2.00 bits per heavy atom. The highest BCUT2D eigenvalue weighted by Gasteiger charge is 2.17. The maximum Gasteiger partial charge on any atom is 0.414 e. The third kappa shape index (κ3) is 3.65. The van der Waals surface area contributed by atoms with E-state index in [9.17, 15) is 4.79 Å². The molecule has 0 aliphatic rings. The molecule has 0 bridgehead atoms. The van der Waals surface area contributed by atoms with E-state index in [1.807, 2.05) is 24.3 Å². The summed E-state index contributed by atoms with van der Waals surface area (Å²) in [5.41, 5.74) is 9.19. The smallest absolute Gasteiger partial charge is 0.414 e. The third-order valence-electron chi connectivity index (χ3n) is 1.93. The topological polar surface area (TPSA) is 73.7 Å². The Bertz CT molecular complexity index is 408. The van der Waals surface area contributed by atoms with Gasteiger partial charge < -0.3 is 10.6 Å². The second-order valence-electron chi connectivity index (χ2n) is 2.98. The van der Waals surface area contributed by atoms with Crippen LogP contribution in [-0.2, 0) is 11.2 Å². The van der Waals surface area contributed by atoms with E-state index in [4.69, 9.17) is 10.6 Å². The third-order valence-corrected chi connectivity index (χ3v) is 2.46. The van der Waals surface area contributed by atoms with Crippen molar-refractivity contribution in [2.24, 2.45) is 0 Å². The summed E-state index contributed by atoms with van der Waals surface area (Å²) in [6, 6.07) is 7.54. The maximum atomic E-state index is 10.5. The van der Waals surface area contributed by atoms with Crippen molar-refractivity contribution in [3.63, 3.8) is 0 Å². The highest BCUT2D eigenvalue weighted by atomic mass is 79.9. The number of hydrogen-bond donors (Lipinski definition) is 1. The van der Waals surface area contributed by atoms with Gasteiger partial charge in [-0.25, -0.2) is 4.79 Å². The molecule has 0 amide bonds. The minimum atomic E-state index is -1.19. The van der Waals surface area contributed by atoms with E-state index >= 15 is 0 Å². The monoisotopic (exact) mass is 268 g/mol. The Hall–Kier alpha value is -1.45. The van der Waals surface area contributed by atoms with Crippen LogP contribution < -0.4 is 0 Å². The van der Waals surface area contributed by atoms with Gasteiger partial charge in [0.2, 0.25) is 0 Å². The fourth-order valence-electron chi connectivity index (χ4n) is 1.11. The van der Waals surface area contributed by atoms with Gasteiger partial charge in [-0.1, -0.05) is 28.1 Å². The molecule has 0 heterocycles. The van der Waals surface area contributed by atoms with Crippen LogP contribution in [0.2, 0.25) is 0 Å². The molecular formula is C10H9BrN2O2. The van der Waals surface area contributed by atoms with E-state index in [-0.39, 0.29) is 12.1 Å². The molecule has 1 aromatic carbocycles.